The third-order valence-corrected chi connectivity index (χ3v) is 6.46. The van der Waals surface area contributed by atoms with Crippen LogP contribution in [-0.2, 0) is 0 Å². The highest BCUT2D eigenvalue weighted by molar-refractivity contribution is 5.94. The molecule has 0 N–H and O–H groups in total. The number of rotatable bonds is 6. The molecule has 2 aliphatic carbocycles. The summed E-state index contributed by atoms with van der Waals surface area (Å²) >= 11 is 0. The lowest BCUT2D eigenvalue weighted by Gasteiger charge is -2.11. The van der Waals surface area contributed by atoms with E-state index in [1.54, 1.807) is 14.2 Å². The summed E-state index contributed by atoms with van der Waals surface area (Å²) < 4.78 is 10.8. The summed E-state index contributed by atoms with van der Waals surface area (Å²) in [6.07, 6.45) is 2.31. The fraction of sp³-hybridized carbons (Fsp3) is 0.226. The van der Waals surface area contributed by atoms with Crippen LogP contribution in [0.2, 0.25) is 0 Å². The first-order valence-corrected chi connectivity index (χ1v) is 11.5. The number of methoxy groups -OCH3 is 2. The van der Waals surface area contributed by atoms with E-state index in [1.807, 2.05) is 24.3 Å². The van der Waals surface area contributed by atoms with Crippen molar-refractivity contribution in [2.75, 3.05) is 14.2 Å². The predicted molar refractivity (Wildman–Crippen MR) is 140 cm³/mol. The van der Waals surface area contributed by atoms with Crippen molar-refractivity contribution in [2.24, 2.45) is 0 Å². The Morgan fingerprint density at radius 2 is 1.24 bits per heavy atom. The van der Waals surface area contributed by atoms with Gasteiger partial charge in [0.25, 0.3) is 0 Å². The van der Waals surface area contributed by atoms with Crippen LogP contribution < -0.4 is 9.47 Å². The largest absolute Gasteiger partial charge is 0.497 e. The van der Waals surface area contributed by atoms with Gasteiger partial charge in [0.2, 0.25) is 0 Å². The molecule has 0 bridgehead atoms. The molecule has 0 saturated carbocycles. The Balaban J connectivity index is 1.91. The van der Waals surface area contributed by atoms with E-state index in [0.717, 1.165) is 22.6 Å². The molecule has 2 heteroatoms. The summed E-state index contributed by atoms with van der Waals surface area (Å²) in [6.45, 7) is 8.94. The molecule has 0 amide bonds. The van der Waals surface area contributed by atoms with E-state index < -0.39 is 0 Å². The molecule has 2 aromatic rings. The predicted octanol–water partition coefficient (Wildman–Crippen LogP) is 8.14. The standard InChI is InChI=1S/C31H32O2/c1-20(2)25-8-7-21(3)29-18-26(22(4)30(29)17-25)19-31(23-9-13-27(32-5)14-10-23)24-11-15-28(33-6)16-12-24/h7-20H,1-6H3. The van der Waals surface area contributed by atoms with Crippen molar-refractivity contribution in [2.45, 2.75) is 33.6 Å². The minimum Gasteiger partial charge on any atom is -0.497 e. The maximum Gasteiger partial charge on any atom is 0.118 e. The number of hydrogen-bond donors (Lipinski definition) is 0. The van der Waals surface area contributed by atoms with Crippen LogP contribution >= 0.6 is 0 Å². The Morgan fingerprint density at radius 1 is 0.697 bits per heavy atom. The van der Waals surface area contributed by atoms with Gasteiger partial charge in [0.05, 0.1) is 14.2 Å². The van der Waals surface area contributed by atoms with Crippen LogP contribution in [0.1, 0.15) is 53.1 Å². The van der Waals surface area contributed by atoms with Gasteiger partial charge in [-0.3, -0.25) is 0 Å². The van der Waals surface area contributed by atoms with E-state index in [0.29, 0.717) is 5.92 Å². The monoisotopic (exact) mass is 436 g/mol. The number of fused-ring (bicyclic) bond motifs is 1. The van der Waals surface area contributed by atoms with Crippen LogP contribution in [0.5, 0.6) is 11.5 Å². The van der Waals surface area contributed by atoms with E-state index in [9.17, 15) is 0 Å². The van der Waals surface area contributed by atoms with E-state index in [4.69, 9.17) is 9.47 Å². The molecule has 4 rings (SSSR count). The van der Waals surface area contributed by atoms with Crippen molar-refractivity contribution < 1.29 is 9.47 Å². The molecule has 0 unspecified atom stereocenters. The van der Waals surface area contributed by atoms with Gasteiger partial charge in [-0.2, -0.15) is 0 Å². The first-order valence-electron chi connectivity index (χ1n) is 11.5. The molecule has 0 spiro atoms. The van der Waals surface area contributed by atoms with Gasteiger partial charge in [0.1, 0.15) is 11.5 Å². The third-order valence-electron chi connectivity index (χ3n) is 6.46. The van der Waals surface area contributed by atoms with Crippen molar-refractivity contribution >= 4 is 11.6 Å². The van der Waals surface area contributed by atoms with E-state index in [1.165, 1.54) is 39.0 Å². The fourth-order valence-corrected chi connectivity index (χ4v) is 4.28. The Labute approximate surface area is 197 Å². The van der Waals surface area contributed by atoms with Crippen molar-refractivity contribution in [1.82, 2.24) is 0 Å². The molecular weight excluding hydrogens is 404 g/mol. The quantitative estimate of drug-likeness (QED) is 0.304. The molecule has 2 nitrogen and oxygen atoms in total. The van der Waals surface area contributed by atoms with Crippen LogP contribution in [0.15, 0.2) is 72.8 Å². The van der Waals surface area contributed by atoms with Gasteiger partial charge >= 0.3 is 0 Å². The lowest BCUT2D eigenvalue weighted by Crippen LogP contribution is -1.91. The number of hydrogen-bond acceptors (Lipinski definition) is 2. The minimum atomic E-state index is 0.488. The van der Waals surface area contributed by atoms with Crippen LogP contribution in [0, 0.1) is 13.8 Å². The zero-order valence-corrected chi connectivity index (χ0v) is 20.4. The first-order chi connectivity index (χ1) is 15.9. The molecule has 0 atom stereocenters. The van der Waals surface area contributed by atoms with Gasteiger partial charge in [-0.25, -0.2) is 0 Å². The Kier molecular flexibility index (Phi) is 6.55. The zero-order chi connectivity index (χ0) is 23.5. The summed E-state index contributed by atoms with van der Waals surface area (Å²) in [5, 5.41) is 0. The minimum absolute atomic E-state index is 0.488. The van der Waals surface area contributed by atoms with Crippen LogP contribution in [-0.4, -0.2) is 14.2 Å². The van der Waals surface area contributed by atoms with Crippen LogP contribution in [0.25, 0.3) is 22.8 Å². The van der Waals surface area contributed by atoms with Crippen molar-refractivity contribution in [3.8, 4) is 22.6 Å². The van der Waals surface area contributed by atoms with Crippen molar-refractivity contribution in [3.05, 3.63) is 106 Å². The maximum absolute atomic E-state index is 5.38. The number of aryl methyl sites for hydroxylation is 1. The second-order valence-corrected chi connectivity index (χ2v) is 8.88. The SMILES string of the molecule is COc1ccc(C(=Cc2cc3c(C)ccc(C(C)C)cc-3c2C)c2ccc(OC)cc2)cc1. The molecule has 0 aliphatic heterocycles. The van der Waals surface area contributed by atoms with Gasteiger partial charge in [-0.1, -0.05) is 56.3 Å². The third kappa shape index (κ3) is 4.66. The molecule has 33 heavy (non-hydrogen) atoms. The molecule has 2 aromatic carbocycles. The smallest absolute Gasteiger partial charge is 0.118 e. The highest BCUT2D eigenvalue weighted by Crippen LogP contribution is 2.38. The molecule has 0 fully saturated rings. The van der Waals surface area contributed by atoms with Gasteiger partial charge < -0.3 is 9.47 Å². The molecule has 2 aliphatic rings. The molecular formula is C31H32O2. The zero-order valence-electron chi connectivity index (χ0n) is 20.4. The maximum atomic E-state index is 5.38. The second-order valence-electron chi connectivity index (χ2n) is 8.88. The topological polar surface area (TPSA) is 18.5 Å². The van der Waals surface area contributed by atoms with Gasteiger partial charge in [-0.05, 0) is 106 Å². The highest BCUT2D eigenvalue weighted by Gasteiger charge is 2.16. The lowest BCUT2D eigenvalue weighted by molar-refractivity contribution is 0.414. The van der Waals surface area contributed by atoms with E-state index >= 15 is 0 Å². The highest BCUT2D eigenvalue weighted by atomic mass is 16.5. The summed E-state index contributed by atoms with van der Waals surface area (Å²) in [4.78, 5) is 0. The van der Waals surface area contributed by atoms with Crippen LogP contribution in [0.3, 0.4) is 0 Å². The number of benzene rings is 2. The number of ether oxygens (including phenoxy) is 2. The normalized spacial score (nSPS) is 11.0. The summed E-state index contributed by atoms with van der Waals surface area (Å²) in [5.41, 5.74) is 11.3. The van der Waals surface area contributed by atoms with Crippen molar-refractivity contribution in [3.63, 3.8) is 0 Å². The molecule has 0 heterocycles. The Hall–Kier alpha value is -3.52. The average Bonchev–Trinajstić information content (AvgIpc) is 3.04. The summed E-state index contributed by atoms with van der Waals surface area (Å²) in [5.74, 6) is 2.20. The average molecular weight is 437 g/mol. The first kappa shape index (κ1) is 22.7. The molecule has 168 valence electrons. The Bertz CT molecular complexity index is 1200. The van der Waals surface area contributed by atoms with E-state index in [-0.39, 0.29) is 0 Å². The summed E-state index contributed by atoms with van der Waals surface area (Å²) in [7, 11) is 3.39. The van der Waals surface area contributed by atoms with Gasteiger partial charge in [-0.15, -0.1) is 0 Å². The fourth-order valence-electron chi connectivity index (χ4n) is 4.28. The van der Waals surface area contributed by atoms with Crippen LogP contribution in [0.4, 0.5) is 0 Å². The Morgan fingerprint density at radius 3 is 1.73 bits per heavy atom. The molecule has 0 radical (unpaired) electrons. The van der Waals surface area contributed by atoms with Gasteiger partial charge in [0.15, 0.2) is 0 Å². The second kappa shape index (κ2) is 9.54. The molecule has 0 aromatic heterocycles. The van der Waals surface area contributed by atoms with Crippen molar-refractivity contribution in [1.29, 1.82) is 0 Å². The lowest BCUT2D eigenvalue weighted by atomic mass is 9.95. The van der Waals surface area contributed by atoms with E-state index in [2.05, 4.69) is 82.3 Å². The van der Waals surface area contributed by atoms with Gasteiger partial charge in [0, 0.05) is 0 Å². The summed E-state index contributed by atoms with van der Waals surface area (Å²) in [6, 6.07) is 25.7. The molecule has 0 saturated heterocycles.